The summed E-state index contributed by atoms with van der Waals surface area (Å²) in [6, 6.07) is 5.38. The normalized spacial score (nSPS) is 18.5. The first-order valence-corrected chi connectivity index (χ1v) is 8.14. The topological polar surface area (TPSA) is 40.6 Å². The van der Waals surface area contributed by atoms with E-state index in [4.69, 9.17) is 23.2 Å². The van der Waals surface area contributed by atoms with Crippen molar-refractivity contribution in [2.45, 2.75) is 26.3 Å². The molecule has 1 aliphatic rings. The van der Waals surface area contributed by atoms with E-state index in [2.05, 4.69) is 0 Å². The molecule has 1 aromatic carbocycles. The van der Waals surface area contributed by atoms with Crippen LogP contribution in [0.2, 0.25) is 10.0 Å². The summed E-state index contributed by atoms with van der Waals surface area (Å²) in [6.07, 6.45) is 1.02. The van der Waals surface area contributed by atoms with Crippen molar-refractivity contribution in [1.29, 1.82) is 0 Å². The highest BCUT2D eigenvalue weighted by molar-refractivity contribution is 6.42. The summed E-state index contributed by atoms with van der Waals surface area (Å²) in [5.74, 6) is -0.142. The Balaban J connectivity index is 2.05. The third-order valence-corrected chi connectivity index (χ3v) is 4.80. The van der Waals surface area contributed by atoms with Gasteiger partial charge in [0.2, 0.25) is 11.8 Å². The standard InChI is InChI=1S/C16H20Cl2N2O2/c1-3-20(10-11-4-5-13(17)14(18)8-11)16(22)12-6-7-19(2)15(21)9-12/h4-5,8,12H,3,6-7,9-10H2,1-2H3/t12-/m1/s1. The molecule has 0 unspecified atom stereocenters. The highest BCUT2D eigenvalue weighted by Crippen LogP contribution is 2.25. The van der Waals surface area contributed by atoms with Crippen molar-refractivity contribution in [3.63, 3.8) is 0 Å². The molecule has 1 aromatic rings. The predicted molar refractivity (Wildman–Crippen MR) is 87.9 cm³/mol. The number of benzene rings is 1. The third kappa shape index (κ3) is 3.93. The largest absolute Gasteiger partial charge is 0.346 e. The van der Waals surface area contributed by atoms with Gasteiger partial charge in [-0.3, -0.25) is 9.59 Å². The van der Waals surface area contributed by atoms with E-state index in [9.17, 15) is 9.59 Å². The number of likely N-dealkylation sites (tertiary alicyclic amines) is 1. The van der Waals surface area contributed by atoms with Crippen molar-refractivity contribution in [1.82, 2.24) is 9.80 Å². The zero-order valence-electron chi connectivity index (χ0n) is 12.8. The minimum atomic E-state index is -0.216. The van der Waals surface area contributed by atoms with E-state index >= 15 is 0 Å². The minimum absolute atomic E-state index is 0.0371. The summed E-state index contributed by atoms with van der Waals surface area (Å²) in [5, 5.41) is 0.984. The quantitative estimate of drug-likeness (QED) is 0.842. The molecule has 1 aliphatic heterocycles. The van der Waals surface area contributed by atoms with Crippen LogP contribution in [-0.4, -0.2) is 41.8 Å². The zero-order valence-corrected chi connectivity index (χ0v) is 14.3. The number of carbonyl (C=O) groups is 2. The van der Waals surface area contributed by atoms with E-state index in [-0.39, 0.29) is 17.7 Å². The van der Waals surface area contributed by atoms with Crippen molar-refractivity contribution < 1.29 is 9.59 Å². The molecule has 1 fully saturated rings. The van der Waals surface area contributed by atoms with Gasteiger partial charge in [-0.15, -0.1) is 0 Å². The summed E-state index contributed by atoms with van der Waals surface area (Å²) in [6.45, 7) is 3.65. The van der Waals surface area contributed by atoms with E-state index in [1.807, 2.05) is 13.0 Å². The molecular formula is C16H20Cl2N2O2. The molecule has 1 atom stereocenters. The second-order valence-corrected chi connectivity index (χ2v) is 6.42. The van der Waals surface area contributed by atoms with Gasteiger partial charge in [0.05, 0.1) is 10.0 Å². The van der Waals surface area contributed by atoms with Gasteiger partial charge in [0.25, 0.3) is 0 Å². The van der Waals surface area contributed by atoms with E-state index in [0.717, 1.165) is 12.0 Å². The fourth-order valence-corrected chi connectivity index (χ4v) is 2.94. The summed E-state index contributed by atoms with van der Waals surface area (Å²) >= 11 is 11.9. The third-order valence-electron chi connectivity index (χ3n) is 4.06. The predicted octanol–water partition coefficient (Wildman–Crippen LogP) is 3.21. The van der Waals surface area contributed by atoms with Crippen molar-refractivity contribution in [3.05, 3.63) is 33.8 Å². The number of piperidine rings is 1. The molecule has 1 saturated heterocycles. The second-order valence-electron chi connectivity index (χ2n) is 5.61. The molecule has 120 valence electrons. The van der Waals surface area contributed by atoms with Crippen LogP contribution >= 0.6 is 23.2 Å². The molecule has 0 aliphatic carbocycles. The van der Waals surface area contributed by atoms with Gasteiger partial charge in [-0.2, -0.15) is 0 Å². The van der Waals surface area contributed by atoms with Crippen molar-refractivity contribution >= 4 is 35.0 Å². The Hall–Kier alpha value is -1.26. The first-order valence-electron chi connectivity index (χ1n) is 7.39. The maximum atomic E-state index is 12.6. The number of rotatable bonds is 4. The maximum absolute atomic E-state index is 12.6. The Morgan fingerprint density at radius 1 is 1.36 bits per heavy atom. The van der Waals surface area contributed by atoms with Gasteiger partial charge in [-0.25, -0.2) is 0 Å². The Morgan fingerprint density at radius 3 is 2.68 bits per heavy atom. The van der Waals surface area contributed by atoms with Gasteiger partial charge in [-0.05, 0) is 31.0 Å². The monoisotopic (exact) mass is 342 g/mol. The number of carbonyl (C=O) groups excluding carboxylic acids is 2. The van der Waals surface area contributed by atoms with Crippen LogP contribution in [-0.2, 0) is 16.1 Å². The molecule has 0 N–H and O–H groups in total. The zero-order chi connectivity index (χ0) is 16.3. The van der Waals surface area contributed by atoms with Gasteiger partial charge in [-0.1, -0.05) is 29.3 Å². The molecule has 1 heterocycles. The molecule has 0 spiro atoms. The number of hydrogen-bond donors (Lipinski definition) is 0. The molecule has 4 nitrogen and oxygen atoms in total. The fourth-order valence-electron chi connectivity index (χ4n) is 2.62. The Kier molecular flexibility index (Phi) is 5.70. The van der Waals surface area contributed by atoms with E-state index < -0.39 is 0 Å². The van der Waals surface area contributed by atoms with Crippen LogP contribution in [0.3, 0.4) is 0 Å². The SMILES string of the molecule is CCN(Cc1ccc(Cl)c(Cl)c1)C(=O)[C@@H]1CCN(C)C(=O)C1. The van der Waals surface area contributed by atoms with E-state index in [1.165, 1.54) is 0 Å². The maximum Gasteiger partial charge on any atom is 0.226 e. The number of amides is 2. The molecule has 6 heteroatoms. The first-order chi connectivity index (χ1) is 10.4. The van der Waals surface area contributed by atoms with E-state index in [0.29, 0.717) is 36.1 Å². The lowest BCUT2D eigenvalue weighted by Gasteiger charge is -2.32. The fraction of sp³-hybridized carbons (Fsp3) is 0.500. The number of hydrogen-bond acceptors (Lipinski definition) is 2. The van der Waals surface area contributed by atoms with Crippen molar-refractivity contribution in [2.75, 3.05) is 20.1 Å². The molecule has 2 amide bonds. The van der Waals surface area contributed by atoms with Gasteiger partial charge < -0.3 is 9.80 Å². The van der Waals surface area contributed by atoms with Gasteiger partial charge in [0, 0.05) is 39.0 Å². The lowest BCUT2D eigenvalue weighted by Crippen LogP contribution is -2.43. The van der Waals surface area contributed by atoms with Crippen molar-refractivity contribution in [3.8, 4) is 0 Å². The molecule has 2 rings (SSSR count). The lowest BCUT2D eigenvalue weighted by atomic mass is 9.95. The number of nitrogens with zero attached hydrogens (tertiary/aromatic N) is 2. The summed E-state index contributed by atoms with van der Waals surface area (Å²) in [5.41, 5.74) is 0.934. The van der Waals surface area contributed by atoms with Crippen LogP contribution in [0, 0.1) is 5.92 Å². The lowest BCUT2D eigenvalue weighted by molar-refractivity contribution is -0.144. The van der Waals surface area contributed by atoms with Crippen LogP contribution in [0.4, 0.5) is 0 Å². The molecule has 0 radical (unpaired) electrons. The minimum Gasteiger partial charge on any atom is -0.346 e. The molecule has 0 aromatic heterocycles. The highest BCUT2D eigenvalue weighted by atomic mass is 35.5. The van der Waals surface area contributed by atoms with Gasteiger partial charge >= 0.3 is 0 Å². The second kappa shape index (κ2) is 7.34. The Morgan fingerprint density at radius 2 is 2.09 bits per heavy atom. The van der Waals surface area contributed by atoms with Crippen LogP contribution in [0.25, 0.3) is 0 Å². The van der Waals surface area contributed by atoms with Crippen molar-refractivity contribution in [2.24, 2.45) is 5.92 Å². The molecular weight excluding hydrogens is 323 g/mol. The van der Waals surface area contributed by atoms with Gasteiger partial charge in [0.1, 0.15) is 0 Å². The average molecular weight is 343 g/mol. The number of halogens is 2. The summed E-state index contributed by atoms with van der Waals surface area (Å²) in [4.78, 5) is 27.9. The van der Waals surface area contributed by atoms with Crippen LogP contribution in [0.1, 0.15) is 25.3 Å². The summed E-state index contributed by atoms with van der Waals surface area (Å²) < 4.78 is 0. The van der Waals surface area contributed by atoms with Gasteiger partial charge in [0.15, 0.2) is 0 Å². The van der Waals surface area contributed by atoms with Crippen LogP contribution in [0.5, 0.6) is 0 Å². The average Bonchev–Trinajstić information content (AvgIpc) is 2.50. The Bertz CT molecular complexity index is 577. The molecule has 0 saturated carbocycles. The smallest absolute Gasteiger partial charge is 0.226 e. The summed E-state index contributed by atoms with van der Waals surface area (Å²) in [7, 11) is 1.77. The Labute approximate surface area is 141 Å². The first kappa shape index (κ1) is 17.1. The highest BCUT2D eigenvalue weighted by Gasteiger charge is 2.31. The molecule has 0 bridgehead atoms. The molecule has 22 heavy (non-hydrogen) atoms. The van der Waals surface area contributed by atoms with E-state index in [1.54, 1.807) is 29.0 Å². The van der Waals surface area contributed by atoms with Crippen LogP contribution < -0.4 is 0 Å². The van der Waals surface area contributed by atoms with Crippen LogP contribution in [0.15, 0.2) is 18.2 Å².